The van der Waals surface area contributed by atoms with E-state index in [2.05, 4.69) is 23.2 Å². The van der Waals surface area contributed by atoms with Crippen molar-refractivity contribution in [1.82, 2.24) is 10.2 Å². The van der Waals surface area contributed by atoms with Crippen LogP contribution in [0.5, 0.6) is 0 Å². The second kappa shape index (κ2) is 6.24. The van der Waals surface area contributed by atoms with Crippen molar-refractivity contribution in [1.29, 1.82) is 5.26 Å². The van der Waals surface area contributed by atoms with Crippen LogP contribution in [0, 0.1) is 16.7 Å². The first kappa shape index (κ1) is 14.8. The van der Waals surface area contributed by atoms with Gasteiger partial charge in [0.1, 0.15) is 0 Å². The molecule has 0 saturated carbocycles. The van der Waals surface area contributed by atoms with Crippen LogP contribution in [0.2, 0.25) is 0 Å². The van der Waals surface area contributed by atoms with Gasteiger partial charge in [0.2, 0.25) is 0 Å². The van der Waals surface area contributed by atoms with Gasteiger partial charge in [-0.05, 0) is 65.5 Å². The fourth-order valence-corrected chi connectivity index (χ4v) is 3.70. The van der Waals surface area contributed by atoms with E-state index in [1.54, 1.807) is 0 Å². The molecule has 2 aliphatic rings. The second-order valence-electron chi connectivity index (χ2n) is 6.99. The Balaban J connectivity index is 1.79. The SMILES string of the molecule is CCN(CCCC(C)(C)C#N)C1CC2CCC(C1)N2. The molecule has 19 heavy (non-hydrogen) atoms. The minimum absolute atomic E-state index is 0.160. The summed E-state index contributed by atoms with van der Waals surface area (Å²) < 4.78 is 0. The largest absolute Gasteiger partial charge is 0.311 e. The Morgan fingerprint density at radius 1 is 1.26 bits per heavy atom. The van der Waals surface area contributed by atoms with E-state index in [4.69, 9.17) is 5.26 Å². The van der Waals surface area contributed by atoms with Crippen LogP contribution in [0.25, 0.3) is 0 Å². The summed E-state index contributed by atoms with van der Waals surface area (Å²) in [4.78, 5) is 2.65. The molecule has 1 N–H and O–H groups in total. The van der Waals surface area contributed by atoms with Gasteiger partial charge in [-0.2, -0.15) is 5.26 Å². The molecule has 0 aliphatic carbocycles. The maximum atomic E-state index is 9.07. The van der Waals surface area contributed by atoms with Crippen molar-refractivity contribution in [3.05, 3.63) is 0 Å². The molecule has 3 heteroatoms. The number of hydrogen-bond acceptors (Lipinski definition) is 3. The topological polar surface area (TPSA) is 39.1 Å². The molecule has 2 fully saturated rings. The average molecular weight is 263 g/mol. The van der Waals surface area contributed by atoms with Crippen LogP contribution in [0.15, 0.2) is 0 Å². The summed E-state index contributed by atoms with van der Waals surface area (Å²) in [5.74, 6) is 0. The van der Waals surface area contributed by atoms with Crippen LogP contribution in [-0.4, -0.2) is 36.1 Å². The summed E-state index contributed by atoms with van der Waals surface area (Å²) in [5.41, 5.74) is -0.160. The van der Waals surface area contributed by atoms with E-state index in [9.17, 15) is 0 Å². The van der Waals surface area contributed by atoms with Crippen molar-refractivity contribution in [3.8, 4) is 6.07 Å². The molecular weight excluding hydrogens is 234 g/mol. The maximum absolute atomic E-state index is 9.07. The van der Waals surface area contributed by atoms with Gasteiger partial charge in [-0.15, -0.1) is 0 Å². The zero-order valence-corrected chi connectivity index (χ0v) is 12.8. The number of nitrogens with one attached hydrogen (secondary N) is 1. The third kappa shape index (κ3) is 3.94. The Morgan fingerprint density at radius 2 is 1.89 bits per heavy atom. The smallest absolute Gasteiger partial charge is 0.0683 e. The van der Waals surface area contributed by atoms with Gasteiger partial charge in [0.15, 0.2) is 0 Å². The van der Waals surface area contributed by atoms with Crippen molar-refractivity contribution in [3.63, 3.8) is 0 Å². The zero-order chi connectivity index (χ0) is 13.9. The van der Waals surface area contributed by atoms with E-state index in [1.807, 2.05) is 13.8 Å². The molecule has 0 radical (unpaired) electrons. The lowest BCUT2D eigenvalue weighted by atomic mass is 9.89. The number of nitriles is 1. The summed E-state index contributed by atoms with van der Waals surface area (Å²) in [5, 5.41) is 12.8. The molecule has 2 heterocycles. The molecule has 0 amide bonds. The van der Waals surface area contributed by atoms with Crippen LogP contribution in [-0.2, 0) is 0 Å². The van der Waals surface area contributed by atoms with Gasteiger partial charge < -0.3 is 10.2 Å². The van der Waals surface area contributed by atoms with Gasteiger partial charge >= 0.3 is 0 Å². The fraction of sp³-hybridized carbons (Fsp3) is 0.938. The first-order chi connectivity index (χ1) is 9.04. The molecule has 2 aliphatic heterocycles. The third-order valence-corrected chi connectivity index (χ3v) is 4.92. The van der Waals surface area contributed by atoms with E-state index in [-0.39, 0.29) is 5.41 Å². The van der Waals surface area contributed by atoms with Crippen LogP contribution in [0.1, 0.15) is 59.3 Å². The Kier molecular flexibility index (Phi) is 4.86. The molecular formula is C16H29N3. The first-order valence-electron chi connectivity index (χ1n) is 7.95. The Labute approximate surface area is 118 Å². The van der Waals surface area contributed by atoms with Crippen molar-refractivity contribution >= 4 is 0 Å². The van der Waals surface area contributed by atoms with Gasteiger partial charge in [-0.25, -0.2) is 0 Å². The number of hydrogen-bond donors (Lipinski definition) is 1. The predicted molar refractivity (Wildman–Crippen MR) is 78.8 cm³/mol. The minimum atomic E-state index is -0.160. The predicted octanol–water partition coefficient (Wildman–Crippen LogP) is 2.92. The van der Waals surface area contributed by atoms with Crippen molar-refractivity contribution < 1.29 is 0 Å². The minimum Gasteiger partial charge on any atom is -0.311 e. The Bertz CT molecular complexity index is 319. The van der Waals surface area contributed by atoms with Gasteiger partial charge in [-0.3, -0.25) is 0 Å². The van der Waals surface area contributed by atoms with Crippen molar-refractivity contribution in [2.24, 2.45) is 5.41 Å². The lowest BCUT2D eigenvalue weighted by Gasteiger charge is -2.37. The highest BCUT2D eigenvalue weighted by atomic mass is 15.2. The lowest BCUT2D eigenvalue weighted by molar-refractivity contribution is 0.142. The molecule has 2 unspecified atom stereocenters. The molecule has 2 atom stereocenters. The van der Waals surface area contributed by atoms with Gasteiger partial charge in [0, 0.05) is 18.1 Å². The zero-order valence-electron chi connectivity index (χ0n) is 12.8. The van der Waals surface area contributed by atoms with E-state index in [0.29, 0.717) is 0 Å². The van der Waals surface area contributed by atoms with E-state index >= 15 is 0 Å². The maximum Gasteiger partial charge on any atom is 0.0683 e. The second-order valence-corrected chi connectivity index (χ2v) is 6.99. The number of piperidine rings is 1. The molecule has 0 aromatic carbocycles. The normalized spacial score (nSPS) is 30.6. The van der Waals surface area contributed by atoms with Gasteiger partial charge in [-0.1, -0.05) is 6.92 Å². The molecule has 2 rings (SSSR count). The third-order valence-electron chi connectivity index (χ3n) is 4.92. The van der Waals surface area contributed by atoms with Crippen LogP contribution in [0.3, 0.4) is 0 Å². The number of nitrogens with zero attached hydrogens (tertiary/aromatic N) is 2. The monoisotopic (exact) mass is 263 g/mol. The standard InChI is InChI=1S/C16H29N3/c1-4-19(9-5-8-16(2,3)12-17)15-10-13-6-7-14(11-15)18-13/h13-15,18H,4-11H2,1-3H3. The highest BCUT2D eigenvalue weighted by Crippen LogP contribution is 2.30. The molecule has 3 nitrogen and oxygen atoms in total. The molecule has 0 spiro atoms. The first-order valence-corrected chi connectivity index (χ1v) is 7.95. The summed E-state index contributed by atoms with van der Waals surface area (Å²) in [7, 11) is 0. The van der Waals surface area contributed by atoms with Crippen molar-refractivity contribution in [2.45, 2.75) is 77.4 Å². The quantitative estimate of drug-likeness (QED) is 0.801. The molecule has 2 saturated heterocycles. The number of rotatable bonds is 6. The van der Waals surface area contributed by atoms with Crippen LogP contribution in [0.4, 0.5) is 0 Å². The van der Waals surface area contributed by atoms with E-state index < -0.39 is 0 Å². The average Bonchev–Trinajstić information content (AvgIpc) is 2.73. The van der Waals surface area contributed by atoms with Crippen LogP contribution >= 0.6 is 0 Å². The van der Waals surface area contributed by atoms with E-state index in [0.717, 1.165) is 44.1 Å². The lowest BCUT2D eigenvalue weighted by Crippen LogP contribution is -2.48. The van der Waals surface area contributed by atoms with E-state index in [1.165, 1.54) is 25.7 Å². The van der Waals surface area contributed by atoms with Gasteiger partial charge in [0.25, 0.3) is 0 Å². The molecule has 108 valence electrons. The number of fused-ring (bicyclic) bond motifs is 2. The summed E-state index contributed by atoms with van der Waals surface area (Å²) in [6.07, 6.45) is 7.56. The summed E-state index contributed by atoms with van der Waals surface area (Å²) in [6, 6.07) is 4.72. The Hall–Kier alpha value is -0.590. The van der Waals surface area contributed by atoms with Crippen LogP contribution < -0.4 is 5.32 Å². The summed E-state index contributed by atoms with van der Waals surface area (Å²) >= 11 is 0. The summed E-state index contributed by atoms with van der Waals surface area (Å²) in [6.45, 7) is 8.68. The molecule has 0 aromatic rings. The Morgan fingerprint density at radius 3 is 2.42 bits per heavy atom. The van der Waals surface area contributed by atoms with Crippen molar-refractivity contribution in [2.75, 3.05) is 13.1 Å². The fourth-order valence-electron chi connectivity index (χ4n) is 3.70. The molecule has 2 bridgehead atoms. The highest BCUT2D eigenvalue weighted by Gasteiger charge is 2.35. The highest BCUT2D eigenvalue weighted by molar-refractivity contribution is 4.96. The molecule has 0 aromatic heterocycles. The van der Waals surface area contributed by atoms with Gasteiger partial charge in [0.05, 0.1) is 11.5 Å².